The second-order valence-electron chi connectivity index (χ2n) is 6.79. The summed E-state index contributed by atoms with van der Waals surface area (Å²) in [5, 5.41) is 0.730. The first-order chi connectivity index (χ1) is 12.7. The van der Waals surface area contributed by atoms with Crippen LogP contribution in [-0.2, 0) is 0 Å². The average Bonchev–Trinajstić information content (AvgIpc) is 3.30. The van der Waals surface area contributed by atoms with Crippen molar-refractivity contribution in [1.29, 1.82) is 0 Å². The molecule has 3 aromatic rings. The second kappa shape index (κ2) is 7.01. The zero-order chi connectivity index (χ0) is 17.9. The van der Waals surface area contributed by atoms with Gasteiger partial charge in [-0.2, -0.15) is 0 Å². The Bertz CT molecular complexity index is 1020. The Morgan fingerprint density at radius 1 is 1.23 bits per heavy atom. The second-order valence-corrected chi connectivity index (χ2v) is 6.79. The van der Waals surface area contributed by atoms with Crippen molar-refractivity contribution in [2.45, 2.75) is 32.1 Å². The molecule has 2 heterocycles. The van der Waals surface area contributed by atoms with Crippen LogP contribution < -0.4 is 5.73 Å². The number of ketones is 1. The van der Waals surface area contributed by atoms with Crippen LogP contribution in [0, 0.1) is 17.8 Å². The summed E-state index contributed by atoms with van der Waals surface area (Å²) in [7, 11) is 0. The van der Waals surface area contributed by atoms with E-state index in [2.05, 4.69) is 26.8 Å². The Morgan fingerprint density at radius 3 is 2.92 bits per heavy atom. The van der Waals surface area contributed by atoms with Gasteiger partial charge in [-0.3, -0.25) is 4.79 Å². The van der Waals surface area contributed by atoms with Crippen LogP contribution in [-0.4, -0.2) is 20.7 Å². The van der Waals surface area contributed by atoms with Crippen LogP contribution in [0.2, 0.25) is 0 Å². The zero-order valence-corrected chi connectivity index (χ0v) is 14.5. The summed E-state index contributed by atoms with van der Waals surface area (Å²) in [6, 6.07) is 7.55. The fourth-order valence-electron chi connectivity index (χ4n) is 3.59. The fraction of sp³-hybridized carbons (Fsp3) is 0.286. The van der Waals surface area contributed by atoms with Gasteiger partial charge in [0.15, 0.2) is 5.78 Å². The molecule has 1 aliphatic rings. The molecule has 26 heavy (non-hydrogen) atoms. The highest BCUT2D eigenvalue weighted by Crippen LogP contribution is 2.28. The lowest BCUT2D eigenvalue weighted by Crippen LogP contribution is -2.06. The predicted molar refractivity (Wildman–Crippen MR) is 102 cm³/mol. The third-order valence-corrected chi connectivity index (χ3v) is 4.97. The summed E-state index contributed by atoms with van der Waals surface area (Å²) in [4.78, 5) is 23.7. The first-order valence-corrected chi connectivity index (χ1v) is 8.93. The molecule has 0 aliphatic heterocycles. The van der Waals surface area contributed by atoms with Crippen LogP contribution >= 0.6 is 0 Å². The standard InChI is InChI=1S/C21H20N4O/c22-20-19-17(12-23-21(19)25-13-24-20)9-8-15-6-3-7-16(10-15)18(26)11-14-4-1-2-5-14/h3,6-7,10,12-14H,1-2,4-5,11H2,(H3,22,23,24,25). The number of nitrogens with one attached hydrogen (secondary N) is 1. The molecule has 0 radical (unpaired) electrons. The van der Waals surface area contributed by atoms with Crippen molar-refractivity contribution in [3.8, 4) is 11.8 Å². The molecule has 2 aromatic heterocycles. The van der Waals surface area contributed by atoms with Gasteiger partial charge in [0.2, 0.25) is 0 Å². The van der Waals surface area contributed by atoms with E-state index in [-0.39, 0.29) is 5.78 Å². The van der Waals surface area contributed by atoms with Gasteiger partial charge >= 0.3 is 0 Å². The van der Waals surface area contributed by atoms with E-state index in [1.54, 1.807) is 6.20 Å². The Balaban J connectivity index is 1.57. The van der Waals surface area contributed by atoms with Crippen molar-refractivity contribution in [3.63, 3.8) is 0 Å². The van der Waals surface area contributed by atoms with Crippen molar-refractivity contribution < 1.29 is 4.79 Å². The van der Waals surface area contributed by atoms with E-state index in [0.29, 0.717) is 23.8 Å². The van der Waals surface area contributed by atoms with Crippen LogP contribution in [0.15, 0.2) is 36.8 Å². The van der Waals surface area contributed by atoms with Crippen molar-refractivity contribution in [2.24, 2.45) is 5.92 Å². The molecule has 0 unspecified atom stereocenters. The minimum absolute atomic E-state index is 0.213. The molecular formula is C21H20N4O. The molecule has 1 saturated carbocycles. The maximum absolute atomic E-state index is 12.5. The summed E-state index contributed by atoms with van der Waals surface area (Å²) >= 11 is 0. The quantitative estimate of drug-likeness (QED) is 0.560. The molecule has 0 bridgehead atoms. The van der Waals surface area contributed by atoms with Gasteiger partial charge < -0.3 is 10.7 Å². The molecule has 4 rings (SSSR count). The van der Waals surface area contributed by atoms with Crippen molar-refractivity contribution >= 4 is 22.6 Å². The minimum atomic E-state index is 0.213. The molecular weight excluding hydrogens is 324 g/mol. The molecule has 5 nitrogen and oxygen atoms in total. The number of Topliss-reactive ketones (excluding diaryl/α,β-unsaturated/α-hetero) is 1. The summed E-state index contributed by atoms with van der Waals surface area (Å²) < 4.78 is 0. The van der Waals surface area contributed by atoms with E-state index < -0.39 is 0 Å². The van der Waals surface area contributed by atoms with E-state index in [4.69, 9.17) is 5.73 Å². The molecule has 130 valence electrons. The van der Waals surface area contributed by atoms with Crippen LogP contribution in [0.1, 0.15) is 53.6 Å². The average molecular weight is 344 g/mol. The van der Waals surface area contributed by atoms with Gasteiger partial charge in [-0.05, 0) is 18.1 Å². The summed E-state index contributed by atoms with van der Waals surface area (Å²) in [5.74, 6) is 7.40. The number of anilines is 1. The molecule has 1 aliphatic carbocycles. The van der Waals surface area contributed by atoms with E-state index in [9.17, 15) is 4.79 Å². The van der Waals surface area contributed by atoms with E-state index in [0.717, 1.165) is 22.1 Å². The number of nitrogens with zero attached hydrogens (tertiary/aromatic N) is 2. The normalized spacial score (nSPS) is 14.3. The Hall–Kier alpha value is -3.13. The topological polar surface area (TPSA) is 84.7 Å². The number of aromatic amines is 1. The minimum Gasteiger partial charge on any atom is -0.383 e. The van der Waals surface area contributed by atoms with Gasteiger partial charge in [-0.25, -0.2) is 9.97 Å². The molecule has 0 spiro atoms. The van der Waals surface area contributed by atoms with Crippen molar-refractivity contribution in [1.82, 2.24) is 15.0 Å². The molecule has 3 N–H and O–H groups in total. The summed E-state index contributed by atoms with van der Waals surface area (Å²) in [6.45, 7) is 0. The smallest absolute Gasteiger partial charge is 0.163 e. The third-order valence-electron chi connectivity index (χ3n) is 4.97. The molecule has 0 amide bonds. The first-order valence-electron chi connectivity index (χ1n) is 8.93. The lowest BCUT2D eigenvalue weighted by atomic mass is 9.96. The van der Waals surface area contributed by atoms with Crippen LogP contribution in [0.3, 0.4) is 0 Å². The third kappa shape index (κ3) is 3.31. The monoisotopic (exact) mass is 344 g/mol. The highest BCUT2D eigenvalue weighted by atomic mass is 16.1. The number of fused-ring (bicyclic) bond motifs is 1. The number of H-pyrrole nitrogens is 1. The number of carbonyl (C=O) groups excluding carboxylic acids is 1. The van der Waals surface area contributed by atoms with E-state index in [1.807, 2.05) is 24.3 Å². The molecule has 0 saturated heterocycles. The molecule has 1 fully saturated rings. The SMILES string of the molecule is Nc1ncnc2[nH]cc(C#Cc3cccc(C(=O)CC4CCCC4)c3)c12. The van der Waals surface area contributed by atoms with Crippen molar-refractivity contribution in [2.75, 3.05) is 5.73 Å². The van der Waals surface area contributed by atoms with Gasteiger partial charge in [-0.15, -0.1) is 0 Å². The summed E-state index contributed by atoms with van der Waals surface area (Å²) in [5.41, 5.74) is 8.90. The predicted octanol–water partition coefficient (Wildman–Crippen LogP) is 3.70. The number of benzene rings is 1. The van der Waals surface area contributed by atoms with Gasteiger partial charge in [-0.1, -0.05) is 49.7 Å². The fourth-order valence-corrected chi connectivity index (χ4v) is 3.59. The van der Waals surface area contributed by atoms with Crippen LogP contribution in [0.5, 0.6) is 0 Å². The van der Waals surface area contributed by atoms with Gasteiger partial charge in [0, 0.05) is 23.7 Å². The van der Waals surface area contributed by atoms with E-state index in [1.165, 1.54) is 32.0 Å². The lowest BCUT2D eigenvalue weighted by Gasteiger charge is -2.07. The highest BCUT2D eigenvalue weighted by Gasteiger charge is 2.19. The number of aromatic nitrogens is 3. The van der Waals surface area contributed by atoms with Gasteiger partial charge in [0.05, 0.1) is 10.9 Å². The Labute approximate surface area is 152 Å². The molecule has 5 heteroatoms. The number of carbonyl (C=O) groups is 1. The number of nitrogens with two attached hydrogens (primary N) is 1. The number of rotatable bonds is 3. The molecule has 1 aromatic carbocycles. The Morgan fingerprint density at radius 2 is 2.08 bits per heavy atom. The Kier molecular flexibility index (Phi) is 4.40. The van der Waals surface area contributed by atoms with Crippen LogP contribution in [0.4, 0.5) is 5.82 Å². The van der Waals surface area contributed by atoms with E-state index >= 15 is 0 Å². The maximum Gasteiger partial charge on any atom is 0.163 e. The van der Waals surface area contributed by atoms with Crippen LogP contribution in [0.25, 0.3) is 11.0 Å². The first kappa shape index (κ1) is 16.3. The number of nitrogen functional groups attached to an aromatic ring is 1. The number of hydrogen-bond donors (Lipinski definition) is 2. The van der Waals surface area contributed by atoms with Gasteiger partial charge in [0.25, 0.3) is 0 Å². The summed E-state index contributed by atoms with van der Waals surface area (Å²) in [6.07, 6.45) is 8.70. The largest absolute Gasteiger partial charge is 0.383 e. The zero-order valence-electron chi connectivity index (χ0n) is 14.5. The maximum atomic E-state index is 12.5. The van der Waals surface area contributed by atoms with Crippen molar-refractivity contribution in [3.05, 3.63) is 53.5 Å². The van der Waals surface area contributed by atoms with Gasteiger partial charge in [0.1, 0.15) is 17.8 Å². The molecule has 0 atom stereocenters. The lowest BCUT2D eigenvalue weighted by molar-refractivity contribution is 0.0962. The highest BCUT2D eigenvalue weighted by molar-refractivity contribution is 5.96. The number of hydrogen-bond acceptors (Lipinski definition) is 4.